The molecule has 53 heavy (non-hydrogen) atoms. The minimum absolute atomic E-state index is 0.0394. The molecule has 4 rings (SSSR count). The van der Waals surface area contributed by atoms with Gasteiger partial charge >= 0.3 is 6.18 Å². The van der Waals surface area contributed by atoms with Crippen LogP contribution in [0.2, 0.25) is 5.02 Å². The van der Waals surface area contributed by atoms with E-state index >= 15 is 0 Å². The normalized spacial score (nSPS) is 12.6. The van der Waals surface area contributed by atoms with Gasteiger partial charge in [0.1, 0.15) is 17.8 Å². The van der Waals surface area contributed by atoms with Gasteiger partial charge in [-0.15, -0.1) is 5.10 Å². The number of benzene rings is 2. The molecule has 0 aliphatic carbocycles. The molecular weight excluding hydrogens is 719 g/mol. The third-order valence-electron chi connectivity index (χ3n) is 8.02. The number of aromatic hydroxyl groups is 1. The zero-order valence-corrected chi connectivity index (χ0v) is 30.2. The van der Waals surface area contributed by atoms with Crippen LogP contribution in [0.15, 0.2) is 64.2 Å². The second kappa shape index (κ2) is 19.8. The molecule has 0 atom stereocenters. The van der Waals surface area contributed by atoms with Crippen molar-refractivity contribution in [2.75, 3.05) is 33.3 Å². The number of hydrogen-bond acceptors (Lipinski definition) is 10. The molecule has 1 aliphatic rings. The van der Waals surface area contributed by atoms with Crippen LogP contribution in [0, 0.1) is 6.92 Å². The SMILES string of the molecule is C=N/C(=N\N(Cc1ccc(C(F)(F)F)cc1Cl)C(=O)/C(=C(/CC)NC)N(CCNC=O)CCc1ncnc(C)c1O)c1cccc2c1OCC2.NC=O. The number of fused-ring (bicyclic) bond motifs is 1. The van der Waals surface area contributed by atoms with Crippen molar-refractivity contribution in [1.82, 2.24) is 30.5 Å². The number of allylic oxidation sites excluding steroid dienone is 1. The summed E-state index contributed by atoms with van der Waals surface area (Å²) < 4.78 is 46.3. The number of aryl methyl sites for hydroxylation is 1. The van der Waals surface area contributed by atoms with Crippen LogP contribution < -0.4 is 21.1 Å². The van der Waals surface area contributed by atoms with Gasteiger partial charge in [0.2, 0.25) is 12.8 Å². The fourth-order valence-corrected chi connectivity index (χ4v) is 5.66. The predicted molar refractivity (Wildman–Crippen MR) is 193 cm³/mol. The van der Waals surface area contributed by atoms with E-state index in [1.54, 1.807) is 31.0 Å². The minimum Gasteiger partial charge on any atom is -0.504 e. The van der Waals surface area contributed by atoms with Crippen molar-refractivity contribution in [2.45, 2.75) is 45.8 Å². The van der Waals surface area contributed by atoms with Crippen LogP contribution in [0.5, 0.6) is 11.5 Å². The maximum absolute atomic E-state index is 14.9. The monoisotopic (exact) mass is 759 g/mol. The first kappa shape index (κ1) is 41.7. The summed E-state index contributed by atoms with van der Waals surface area (Å²) in [6, 6.07) is 8.30. The lowest BCUT2D eigenvalue weighted by molar-refractivity contribution is -0.137. The number of aliphatic imine (C=N–C) groups is 1. The molecule has 284 valence electrons. The molecule has 14 nitrogen and oxygen atoms in total. The van der Waals surface area contributed by atoms with Crippen molar-refractivity contribution >= 4 is 42.9 Å². The Hall–Kier alpha value is -5.71. The Morgan fingerprint density at radius 1 is 1.21 bits per heavy atom. The standard InChI is InChI=1S/C34H38ClF3N8O4.CH3NO/c1-5-27(39-3)29(45(15-13-41-20-47)14-11-28-30(48)21(2)42-19-43-28)33(49)46(18-23-9-10-24(17-26(23)35)34(36,37)38)44-32(40-4)25-8-6-7-22-12-16-50-31(22)25;2-1-3/h6-10,17,19-20,39,48H,4-5,11-16,18H2,1-3H3,(H,41,47);1H,(H2,2,3)/b29-27+,44-32-;. The average Bonchev–Trinajstić information content (AvgIpc) is 3.62. The van der Waals surface area contributed by atoms with Gasteiger partial charge in [0.15, 0.2) is 11.6 Å². The fraction of sp³-hybridized carbons (Fsp3) is 0.343. The van der Waals surface area contributed by atoms with E-state index in [0.717, 1.165) is 22.7 Å². The number of hydrazone groups is 1. The summed E-state index contributed by atoms with van der Waals surface area (Å²) in [7, 11) is 1.65. The summed E-state index contributed by atoms with van der Waals surface area (Å²) in [4.78, 5) is 48.7. The fourth-order valence-electron chi connectivity index (χ4n) is 5.42. The summed E-state index contributed by atoms with van der Waals surface area (Å²) >= 11 is 6.38. The number of amides is 3. The average molecular weight is 760 g/mol. The molecule has 0 bridgehead atoms. The predicted octanol–water partition coefficient (Wildman–Crippen LogP) is 3.72. The van der Waals surface area contributed by atoms with E-state index < -0.39 is 17.6 Å². The molecule has 3 aromatic rings. The molecule has 0 fully saturated rings. The number of nitrogens with two attached hydrogens (primary N) is 1. The number of carbonyl (C=O) groups excluding carboxylic acids is 3. The van der Waals surface area contributed by atoms with Crippen LogP contribution in [0.4, 0.5) is 13.2 Å². The van der Waals surface area contributed by atoms with E-state index in [-0.39, 0.29) is 66.9 Å². The van der Waals surface area contributed by atoms with Gasteiger partial charge in [-0.05, 0) is 49.4 Å². The number of alkyl halides is 3. The van der Waals surface area contributed by atoms with Gasteiger partial charge in [-0.2, -0.15) is 13.2 Å². The van der Waals surface area contributed by atoms with E-state index in [0.29, 0.717) is 54.3 Å². The van der Waals surface area contributed by atoms with Crippen LogP contribution >= 0.6 is 11.6 Å². The first-order chi connectivity index (χ1) is 25.3. The molecule has 1 aliphatic heterocycles. The topological polar surface area (TPSA) is 188 Å². The molecule has 18 heteroatoms. The summed E-state index contributed by atoms with van der Waals surface area (Å²) in [6.07, 6.45) is -1.31. The zero-order chi connectivity index (χ0) is 39.1. The lowest BCUT2D eigenvalue weighted by Crippen LogP contribution is -2.42. The van der Waals surface area contributed by atoms with E-state index in [1.165, 1.54) is 12.4 Å². The molecule has 0 saturated carbocycles. The van der Waals surface area contributed by atoms with Crippen LogP contribution in [-0.2, 0) is 39.9 Å². The van der Waals surface area contributed by atoms with Gasteiger partial charge in [-0.25, -0.2) is 20.0 Å². The number of rotatable bonds is 15. The highest BCUT2D eigenvalue weighted by Gasteiger charge is 2.32. The highest BCUT2D eigenvalue weighted by molar-refractivity contribution is 6.31. The smallest absolute Gasteiger partial charge is 0.416 e. The van der Waals surface area contributed by atoms with Crippen LogP contribution in [0.25, 0.3) is 0 Å². The molecule has 0 unspecified atom stereocenters. The number of ether oxygens (including phenoxy) is 1. The number of primary amides is 1. The Balaban J connectivity index is 0.00000243. The Morgan fingerprint density at radius 3 is 2.57 bits per heavy atom. The summed E-state index contributed by atoms with van der Waals surface area (Å²) in [6.45, 7) is 7.71. The quantitative estimate of drug-likeness (QED) is 0.0447. The highest BCUT2D eigenvalue weighted by atomic mass is 35.5. The van der Waals surface area contributed by atoms with Gasteiger partial charge in [0, 0.05) is 50.2 Å². The number of para-hydroxylation sites is 1. The number of aromatic nitrogens is 2. The maximum atomic E-state index is 14.9. The number of nitrogens with one attached hydrogen (secondary N) is 2. The van der Waals surface area contributed by atoms with E-state index in [2.05, 4.69) is 43.1 Å². The third-order valence-corrected chi connectivity index (χ3v) is 8.38. The molecule has 0 saturated heterocycles. The van der Waals surface area contributed by atoms with Crippen molar-refractivity contribution < 1.29 is 37.4 Å². The summed E-state index contributed by atoms with van der Waals surface area (Å²) in [5, 5.41) is 21.8. The van der Waals surface area contributed by atoms with E-state index in [9.17, 15) is 27.9 Å². The van der Waals surface area contributed by atoms with Crippen molar-refractivity contribution in [3.8, 4) is 11.5 Å². The molecular formula is C35H41ClF3N9O5. The van der Waals surface area contributed by atoms with Crippen molar-refractivity contribution in [1.29, 1.82) is 0 Å². The van der Waals surface area contributed by atoms with Crippen molar-refractivity contribution in [3.63, 3.8) is 0 Å². The summed E-state index contributed by atoms with van der Waals surface area (Å²) in [5.41, 5.74) is 6.19. The summed E-state index contributed by atoms with van der Waals surface area (Å²) in [5.74, 6) is -0.156. The first-order valence-electron chi connectivity index (χ1n) is 16.3. The van der Waals surface area contributed by atoms with Gasteiger partial charge in [0.25, 0.3) is 5.91 Å². The van der Waals surface area contributed by atoms with Crippen molar-refractivity contribution in [2.24, 2.45) is 15.8 Å². The molecule has 2 aromatic carbocycles. The Kier molecular flexibility index (Phi) is 15.6. The molecule has 3 amide bonds. The Labute approximate surface area is 309 Å². The van der Waals surface area contributed by atoms with Crippen LogP contribution in [0.3, 0.4) is 0 Å². The van der Waals surface area contributed by atoms with Gasteiger partial charge < -0.3 is 31.1 Å². The molecule has 5 N–H and O–H groups in total. The zero-order valence-electron chi connectivity index (χ0n) is 29.4. The van der Waals surface area contributed by atoms with Gasteiger partial charge in [-0.3, -0.25) is 14.4 Å². The molecule has 2 heterocycles. The van der Waals surface area contributed by atoms with Crippen molar-refractivity contribution in [3.05, 3.63) is 92.8 Å². The number of amidine groups is 1. The lowest BCUT2D eigenvalue weighted by atomic mass is 10.1. The number of hydrogen-bond donors (Lipinski definition) is 4. The van der Waals surface area contributed by atoms with E-state index in [1.807, 2.05) is 13.0 Å². The molecule has 0 spiro atoms. The first-order valence-corrected chi connectivity index (χ1v) is 16.7. The maximum Gasteiger partial charge on any atom is 0.416 e. The van der Waals surface area contributed by atoms with Crippen LogP contribution in [0.1, 0.15) is 47.0 Å². The van der Waals surface area contributed by atoms with E-state index in [4.69, 9.17) is 21.1 Å². The number of carbonyl (C=O) groups is 3. The Bertz CT molecular complexity index is 1830. The highest BCUT2D eigenvalue weighted by Crippen LogP contribution is 2.34. The second-order valence-electron chi connectivity index (χ2n) is 11.3. The van der Waals surface area contributed by atoms with Gasteiger partial charge in [-0.1, -0.05) is 36.7 Å². The second-order valence-corrected chi connectivity index (χ2v) is 11.7. The third kappa shape index (κ3) is 10.9. The van der Waals surface area contributed by atoms with Crippen LogP contribution in [-0.4, -0.2) is 89.6 Å². The lowest BCUT2D eigenvalue weighted by Gasteiger charge is -2.31. The Morgan fingerprint density at radius 2 is 1.94 bits per heavy atom. The minimum atomic E-state index is -4.63. The van der Waals surface area contributed by atoms with Gasteiger partial charge in [0.05, 0.1) is 35.7 Å². The molecule has 0 radical (unpaired) electrons. The number of nitrogens with zero attached hydrogens (tertiary/aromatic N) is 6. The molecule has 1 aromatic heterocycles. The number of halogens is 4. The largest absolute Gasteiger partial charge is 0.504 e.